The second kappa shape index (κ2) is 35.0. The predicted octanol–water partition coefficient (Wildman–Crippen LogP) is 13.0. The highest BCUT2D eigenvalue weighted by Gasteiger charge is 2.32. The first-order valence-corrected chi connectivity index (χ1v) is 34.4. The molecule has 17 nitrogen and oxygen atoms in total. The van der Waals surface area contributed by atoms with E-state index in [0.29, 0.717) is 49.0 Å². The molecule has 3 fully saturated rings. The van der Waals surface area contributed by atoms with Gasteiger partial charge in [0.25, 0.3) is 17.7 Å². The molecule has 3 amide bonds. The lowest BCUT2D eigenvalue weighted by Gasteiger charge is -2.35. The van der Waals surface area contributed by atoms with Crippen molar-refractivity contribution in [2.75, 3.05) is 120 Å². The van der Waals surface area contributed by atoms with E-state index >= 15 is 0 Å². The lowest BCUT2D eigenvalue weighted by molar-refractivity contribution is -0.122. The van der Waals surface area contributed by atoms with Crippen molar-refractivity contribution >= 4 is 52.5 Å². The summed E-state index contributed by atoms with van der Waals surface area (Å²) in [5, 5.41) is 9.42. The van der Waals surface area contributed by atoms with Crippen LogP contribution in [0.2, 0.25) is 0 Å². The fraction of sp³-hybridized carbons (Fsp3) is 0.392. The van der Waals surface area contributed by atoms with E-state index in [4.69, 9.17) is 18.9 Å². The van der Waals surface area contributed by atoms with Crippen molar-refractivity contribution in [3.8, 4) is 17.2 Å². The molecule has 6 aliphatic rings. The number of ketones is 1. The number of likely N-dealkylation sites (tertiary alicyclic amines) is 3. The molecule has 1 N–H and O–H groups in total. The van der Waals surface area contributed by atoms with Crippen LogP contribution in [-0.2, 0) is 25.5 Å². The lowest BCUT2D eigenvalue weighted by Crippen LogP contribution is -2.45. The van der Waals surface area contributed by atoms with Crippen LogP contribution in [0.25, 0.3) is 0 Å². The van der Waals surface area contributed by atoms with Crippen LogP contribution in [0.15, 0.2) is 176 Å². The Balaban J connectivity index is 0.000000156. The summed E-state index contributed by atoms with van der Waals surface area (Å²) < 4.78 is 21.5. The van der Waals surface area contributed by atoms with Crippen molar-refractivity contribution in [2.45, 2.75) is 95.8 Å². The number of carbonyl (C=O) groups is 6. The SMILES string of the molecule is CC.COC(=O)c1ccccc1C1CCN(CCN2C(=O)COc3ccccc32)CC1.O=C(CCCCc1ccccc1)c1ccccc1C1CCN(CCN2C(=O)COc3ccccc32)CC1.O=C(O)c1ccccc1C1CCN(CCN2C(=O)COc3ccccc32)CC1. The van der Waals surface area contributed by atoms with E-state index < -0.39 is 5.97 Å². The first kappa shape index (κ1) is 69.7. The molecule has 7 aromatic rings. The molecule has 6 aliphatic heterocycles. The summed E-state index contributed by atoms with van der Waals surface area (Å²) in [6.45, 7) is 14.4. The second-order valence-corrected chi connectivity index (χ2v) is 24.9. The molecule has 504 valence electrons. The fourth-order valence-electron chi connectivity index (χ4n) is 14.0. The molecule has 0 aromatic heterocycles. The van der Waals surface area contributed by atoms with Crippen molar-refractivity contribution < 1.29 is 52.8 Å². The number of piperidine rings is 3. The van der Waals surface area contributed by atoms with E-state index in [0.717, 1.165) is 168 Å². The minimum absolute atomic E-state index is 0.00518. The van der Waals surface area contributed by atoms with E-state index in [2.05, 4.69) is 51.1 Å². The van der Waals surface area contributed by atoms with Crippen molar-refractivity contribution in [3.63, 3.8) is 0 Å². The zero-order valence-corrected chi connectivity index (χ0v) is 55.9. The lowest BCUT2D eigenvalue weighted by atomic mass is 9.84. The van der Waals surface area contributed by atoms with Crippen LogP contribution in [0.3, 0.4) is 0 Å². The molecular formula is C79H92N6O11. The topological polar surface area (TPSA) is 179 Å². The van der Waals surface area contributed by atoms with Gasteiger partial charge < -0.3 is 53.5 Å². The normalized spacial score (nSPS) is 16.9. The van der Waals surface area contributed by atoms with Crippen molar-refractivity contribution in [3.05, 3.63) is 215 Å². The molecule has 7 aromatic carbocycles. The average molecular weight is 1300 g/mol. The highest BCUT2D eigenvalue weighted by Crippen LogP contribution is 2.37. The number of unbranched alkanes of at least 4 members (excludes halogenated alkanes) is 1. The third-order valence-corrected chi connectivity index (χ3v) is 19.2. The summed E-state index contributed by atoms with van der Waals surface area (Å²) >= 11 is 0. The van der Waals surface area contributed by atoms with Crippen molar-refractivity contribution in [1.82, 2.24) is 14.7 Å². The second-order valence-electron chi connectivity index (χ2n) is 24.9. The molecule has 0 unspecified atom stereocenters. The van der Waals surface area contributed by atoms with Gasteiger partial charge in [-0.2, -0.15) is 0 Å². The Labute approximate surface area is 565 Å². The van der Waals surface area contributed by atoms with Crippen LogP contribution in [0, 0.1) is 0 Å². The third-order valence-electron chi connectivity index (χ3n) is 19.2. The van der Waals surface area contributed by atoms with Crippen LogP contribution in [0.1, 0.15) is 143 Å². The van der Waals surface area contributed by atoms with Crippen LogP contribution in [0.5, 0.6) is 17.2 Å². The number of aryl methyl sites for hydroxylation is 1. The number of rotatable bonds is 20. The highest BCUT2D eigenvalue weighted by atomic mass is 16.5. The molecule has 13 rings (SSSR count). The smallest absolute Gasteiger partial charge is 0.338 e. The number of carboxylic acid groups (broad SMARTS) is 1. The summed E-state index contributed by atoms with van der Waals surface area (Å²) in [6, 6.07) is 56.8. The van der Waals surface area contributed by atoms with Gasteiger partial charge in [0.2, 0.25) is 0 Å². The summed E-state index contributed by atoms with van der Waals surface area (Å²) in [6.07, 6.45) is 9.49. The highest BCUT2D eigenvalue weighted by molar-refractivity contribution is 6.00. The van der Waals surface area contributed by atoms with Gasteiger partial charge in [0.1, 0.15) is 17.2 Å². The van der Waals surface area contributed by atoms with Gasteiger partial charge in [-0.1, -0.05) is 141 Å². The fourth-order valence-corrected chi connectivity index (χ4v) is 14.0. The summed E-state index contributed by atoms with van der Waals surface area (Å²) in [7, 11) is 1.42. The Morgan fingerprint density at radius 2 is 0.750 bits per heavy atom. The molecule has 6 heterocycles. The molecule has 0 spiro atoms. The molecule has 96 heavy (non-hydrogen) atoms. The number of fused-ring (bicyclic) bond motifs is 3. The molecular weight excluding hydrogens is 1210 g/mol. The number of hydrogen-bond acceptors (Lipinski definition) is 13. The first-order valence-electron chi connectivity index (χ1n) is 34.4. The third kappa shape index (κ3) is 18.0. The van der Waals surface area contributed by atoms with E-state index in [1.54, 1.807) is 12.1 Å². The minimum Gasteiger partial charge on any atom is -0.482 e. The molecule has 17 heteroatoms. The maximum absolute atomic E-state index is 13.1. The number of aromatic carboxylic acids is 1. The van der Waals surface area contributed by atoms with E-state index in [-0.39, 0.29) is 55.2 Å². The largest absolute Gasteiger partial charge is 0.482 e. The van der Waals surface area contributed by atoms with Gasteiger partial charge in [-0.15, -0.1) is 0 Å². The Morgan fingerprint density at radius 1 is 0.417 bits per heavy atom. The maximum Gasteiger partial charge on any atom is 0.338 e. The van der Waals surface area contributed by atoms with Gasteiger partial charge in [-0.3, -0.25) is 19.2 Å². The summed E-state index contributed by atoms with van der Waals surface area (Å²) in [5.74, 6) is 2.50. The molecule has 0 bridgehead atoms. The number of methoxy groups -OCH3 is 1. The molecule has 0 atom stereocenters. The van der Waals surface area contributed by atoms with Gasteiger partial charge >= 0.3 is 11.9 Å². The monoisotopic (exact) mass is 1300 g/mol. The standard InChI is InChI=1S/C32H36N2O3.C23H26N2O4.C22H24N2O4.C2H6/c35-30(16-8-4-12-25-10-2-1-3-11-25)28-14-6-5-13-27(28)26-18-20-33(21-19-26)22-23-34-29-15-7-9-17-31(29)37-24-32(34)36;1-28-23(27)19-7-3-2-6-18(19)17-10-12-24(13-11-17)14-15-25-20-8-4-5-9-21(20)29-16-22(25)26;25-21-15-28-20-8-4-3-7-19(20)24(21)14-13-23-11-9-16(10-12-23)17-5-1-2-6-18(17)22(26)27;1-2/h1-3,5-7,9-11,13-15,17,26H,4,8,12,16,18-24H2;2-9,17H,10-16H2,1H3;1-8,16H,9-15H2,(H,26,27);1-2H3. The zero-order chi connectivity index (χ0) is 67.2. The number of amides is 3. The van der Waals surface area contributed by atoms with Crippen LogP contribution in [-0.4, -0.2) is 161 Å². The van der Waals surface area contributed by atoms with Gasteiger partial charge in [0.15, 0.2) is 25.6 Å². The number of carbonyl (C=O) groups excluding carboxylic acids is 5. The first-order chi connectivity index (χ1) is 47.0. The summed E-state index contributed by atoms with van der Waals surface area (Å²) in [5.41, 5.74) is 9.12. The molecule has 0 aliphatic carbocycles. The minimum atomic E-state index is -0.859. The number of Topliss-reactive ketones (excluding diaryl/α,β-unsaturated/α-hetero) is 1. The Bertz CT molecular complexity index is 3730. The Morgan fingerprint density at radius 3 is 1.15 bits per heavy atom. The zero-order valence-electron chi connectivity index (χ0n) is 55.9. The molecule has 3 saturated heterocycles. The quantitative estimate of drug-likeness (QED) is 0.0433. The Kier molecular flexibility index (Phi) is 25.4. The van der Waals surface area contributed by atoms with Gasteiger partial charge in [0.05, 0.1) is 35.3 Å². The van der Waals surface area contributed by atoms with E-state index in [1.165, 1.54) is 18.2 Å². The summed E-state index contributed by atoms with van der Waals surface area (Å²) in [4.78, 5) is 86.5. The van der Waals surface area contributed by atoms with Gasteiger partial charge in [-0.25, -0.2) is 9.59 Å². The van der Waals surface area contributed by atoms with Crippen LogP contribution < -0.4 is 28.9 Å². The number of nitrogens with zero attached hydrogens (tertiary/aromatic N) is 6. The van der Waals surface area contributed by atoms with E-state index in [1.807, 2.05) is 156 Å². The van der Waals surface area contributed by atoms with Crippen LogP contribution >= 0.6 is 0 Å². The Hall–Kier alpha value is -9.16. The number of benzene rings is 7. The van der Waals surface area contributed by atoms with E-state index in [9.17, 15) is 33.9 Å². The van der Waals surface area contributed by atoms with Crippen molar-refractivity contribution in [2.24, 2.45) is 0 Å². The number of esters is 1. The van der Waals surface area contributed by atoms with Gasteiger partial charge in [0, 0.05) is 51.3 Å². The number of anilines is 3. The van der Waals surface area contributed by atoms with Gasteiger partial charge in [-0.05, 0) is 186 Å². The maximum atomic E-state index is 13.1. The van der Waals surface area contributed by atoms with Crippen LogP contribution in [0.4, 0.5) is 17.1 Å². The number of hydrogen-bond donors (Lipinski definition) is 1. The number of para-hydroxylation sites is 6. The molecule has 0 saturated carbocycles. The average Bonchev–Trinajstić information content (AvgIpc) is 1.18. The number of ether oxygens (including phenoxy) is 4. The number of carboxylic acids is 1. The predicted molar refractivity (Wildman–Crippen MR) is 375 cm³/mol. The van der Waals surface area contributed by atoms with Crippen molar-refractivity contribution in [1.29, 1.82) is 0 Å². The molecule has 0 radical (unpaired) electrons.